The molecule has 0 unspecified atom stereocenters. The molecule has 5 heterocycles. The summed E-state index contributed by atoms with van der Waals surface area (Å²) in [5.41, 5.74) is 7.41. The zero-order valence-corrected chi connectivity index (χ0v) is 47.7. The minimum Gasteiger partial charge on any atom is -0.354 e. The SMILES string of the molecule is O=S(=O)(O)c1ccc(-c2c3nc(c(-c4ccc(S(=O)(=O)O)cc4)c4ccc([nH]4)c(-c4ccc(S(=O)(=O)O)cc4)c4nc(c(-c5ccc(S(=O)(=O)O)cc5)c5ccc2[nH]5)C=C4)C=C3)cc1.[Na].[Na].[Na].[Na]. The zero-order valence-electron chi connectivity index (χ0n) is 36.4. The Morgan fingerprint density at radius 3 is 0.632 bits per heavy atom. The van der Waals surface area contributed by atoms with Gasteiger partial charge in [0.15, 0.2) is 0 Å². The molecule has 3 aromatic heterocycles. The number of fused-ring (bicyclic) bond motifs is 8. The van der Waals surface area contributed by atoms with Crippen molar-refractivity contribution in [3.63, 3.8) is 0 Å². The van der Waals surface area contributed by atoms with Crippen molar-refractivity contribution in [2.24, 2.45) is 0 Å². The molecule has 24 heteroatoms. The van der Waals surface area contributed by atoms with Crippen molar-refractivity contribution in [1.29, 1.82) is 0 Å². The van der Waals surface area contributed by atoms with Crippen LogP contribution in [0.5, 0.6) is 0 Å². The molecule has 68 heavy (non-hydrogen) atoms. The summed E-state index contributed by atoms with van der Waals surface area (Å²) < 4.78 is 135. The van der Waals surface area contributed by atoms with Crippen LogP contribution < -0.4 is 0 Å². The Labute approximate surface area is 478 Å². The first kappa shape index (κ1) is 56.0. The van der Waals surface area contributed by atoms with Gasteiger partial charge in [-0.25, -0.2) is 9.97 Å². The number of hydrogen-bond donors (Lipinski definition) is 6. The second-order valence-electron chi connectivity index (χ2n) is 14.5. The van der Waals surface area contributed by atoms with E-state index >= 15 is 0 Å². The van der Waals surface area contributed by atoms with Gasteiger partial charge in [-0.2, -0.15) is 33.7 Å². The normalized spacial score (nSPS) is 12.3. The molecule has 0 spiro atoms. The summed E-state index contributed by atoms with van der Waals surface area (Å²) in [6.07, 6.45) is 6.92. The van der Waals surface area contributed by atoms with E-state index in [1.807, 2.05) is 0 Å². The molecule has 0 saturated carbocycles. The fourth-order valence-electron chi connectivity index (χ4n) is 7.59. The van der Waals surface area contributed by atoms with Crippen LogP contribution in [0.1, 0.15) is 22.8 Å². The molecule has 8 bridgehead atoms. The fraction of sp³-hybridized carbons (Fsp3) is 0. The first-order chi connectivity index (χ1) is 30.2. The number of aromatic amines is 2. The van der Waals surface area contributed by atoms with Gasteiger partial charge in [-0.1, -0.05) is 48.5 Å². The second-order valence-corrected chi connectivity index (χ2v) is 20.2. The number of benzene rings is 4. The summed E-state index contributed by atoms with van der Waals surface area (Å²) in [5, 5.41) is 0. The van der Waals surface area contributed by atoms with Gasteiger partial charge in [0.25, 0.3) is 40.5 Å². The maximum atomic E-state index is 12.0. The van der Waals surface area contributed by atoms with E-state index in [2.05, 4.69) is 9.97 Å². The predicted molar refractivity (Wildman–Crippen MR) is 263 cm³/mol. The minimum absolute atomic E-state index is 0. The molecule has 0 amide bonds. The molecular weight excluding hydrogens is 997 g/mol. The van der Waals surface area contributed by atoms with Gasteiger partial charge in [-0.3, -0.25) is 18.2 Å². The topological polar surface area (TPSA) is 275 Å². The Kier molecular flexibility index (Phi) is 17.7. The van der Waals surface area contributed by atoms with Gasteiger partial charge >= 0.3 is 0 Å². The van der Waals surface area contributed by atoms with Gasteiger partial charge < -0.3 is 9.97 Å². The Hall–Kier alpha value is -2.88. The summed E-state index contributed by atoms with van der Waals surface area (Å²) in [7, 11) is -18.2. The van der Waals surface area contributed by atoms with Crippen LogP contribution in [0.15, 0.2) is 141 Å². The van der Waals surface area contributed by atoms with Crippen molar-refractivity contribution in [2.75, 3.05) is 0 Å². The first-order valence-electron chi connectivity index (χ1n) is 18.7. The van der Waals surface area contributed by atoms with E-state index in [0.717, 1.165) is 0 Å². The van der Waals surface area contributed by atoms with Gasteiger partial charge in [0.2, 0.25) is 0 Å². The molecule has 7 aromatic rings. The van der Waals surface area contributed by atoms with Crippen LogP contribution in [-0.2, 0) is 40.5 Å². The van der Waals surface area contributed by atoms with Gasteiger partial charge in [0.05, 0.1) is 42.4 Å². The van der Waals surface area contributed by atoms with E-state index in [-0.39, 0.29) is 138 Å². The van der Waals surface area contributed by atoms with Crippen LogP contribution in [0, 0.1) is 0 Å². The van der Waals surface area contributed by atoms with Crippen molar-refractivity contribution in [2.45, 2.75) is 19.6 Å². The van der Waals surface area contributed by atoms with Crippen molar-refractivity contribution in [3.05, 3.63) is 144 Å². The molecule has 0 aliphatic carbocycles. The molecule has 4 radical (unpaired) electrons. The van der Waals surface area contributed by atoms with Crippen molar-refractivity contribution < 1.29 is 51.9 Å². The largest absolute Gasteiger partial charge is 0.354 e. The summed E-state index contributed by atoms with van der Waals surface area (Å²) >= 11 is 0. The van der Waals surface area contributed by atoms with E-state index in [1.165, 1.54) is 97.1 Å². The maximum absolute atomic E-state index is 12.0. The van der Waals surface area contributed by atoms with Crippen molar-refractivity contribution in [1.82, 2.24) is 19.9 Å². The summed E-state index contributed by atoms with van der Waals surface area (Å²) in [4.78, 5) is 15.6. The average molecular weight is 1030 g/mol. The molecule has 326 valence electrons. The molecule has 0 fully saturated rings. The van der Waals surface area contributed by atoms with E-state index in [1.54, 1.807) is 48.6 Å². The molecule has 16 nitrogen and oxygen atoms in total. The van der Waals surface area contributed by atoms with Crippen molar-refractivity contribution >= 4 is 205 Å². The van der Waals surface area contributed by atoms with E-state index < -0.39 is 40.5 Å². The fourth-order valence-corrected chi connectivity index (χ4v) is 9.51. The zero-order chi connectivity index (χ0) is 45.3. The first-order valence-corrected chi connectivity index (χ1v) is 24.5. The van der Waals surface area contributed by atoms with Crippen LogP contribution in [0.3, 0.4) is 0 Å². The van der Waals surface area contributed by atoms with E-state index in [4.69, 9.17) is 9.97 Å². The van der Waals surface area contributed by atoms with E-state index in [0.29, 0.717) is 89.4 Å². The molecule has 0 atom stereocenters. The van der Waals surface area contributed by atoms with Crippen LogP contribution >= 0.6 is 0 Å². The number of nitrogens with one attached hydrogen (secondary N) is 2. The third-order valence-electron chi connectivity index (χ3n) is 10.5. The van der Waals surface area contributed by atoms with Crippen LogP contribution in [0.4, 0.5) is 0 Å². The van der Waals surface area contributed by atoms with Gasteiger partial charge in [-0.15, -0.1) is 0 Å². The molecule has 6 N–H and O–H groups in total. The van der Waals surface area contributed by atoms with E-state index in [9.17, 15) is 51.9 Å². The summed E-state index contributed by atoms with van der Waals surface area (Å²) in [5.74, 6) is 0. The smallest absolute Gasteiger partial charge is 0.294 e. The Morgan fingerprint density at radius 1 is 0.294 bits per heavy atom. The Balaban J connectivity index is 0.00000216. The molecular formula is C44H30N4Na4O12S4. The quantitative estimate of drug-likeness (QED) is 0.0676. The number of hydrogen-bond acceptors (Lipinski definition) is 10. The summed E-state index contributed by atoms with van der Waals surface area (Å²) in [6, 6.07) is 29.0. The maximum Gasteiger partial charge on any atom is 0.294 e. The average Bonchev–Trinajstić information content (AvgIpc) is 4.08. The third-order valence-corrected chi connectivity index (χ3v) is 14.0. The standard InChI is InChI=1S/C44H30N4O12S4.4Na/c49-61(50,51)29-9-1-25(2-10-29)41-33-17-19-35(45-33)42(26-3-11-30(12-4-26)62(52,53)54)37-21-23-39(47-37)44(28-7-15-32(16-8-28)64(58,59)60)40-24-22-38(48-40)43(36-20-18-34(41)46-36)27-5-13-31(14-6-27)63(55,56)57;;;;/h1-24,45,48H,(H,49,50,51)(H,52,53,54)(H,55,56,57)(H,58,59,60);;;;. The number of aromatic nitrogens is 4. The molecule has 4 aromatic carbocycles. The number of nitrogens with zero attached hydrogens (tertiary/aromatic N) is 2. The number of H-pyrrole nitrogens is 2. The second kappa shape index (κ2) is 21.5. The Bertz CT molecular complexity index is 3320. The summed E-state index contributed by atoms with van der Waals surface area (Å²) in [6.45, 7) is 0. The number of rotatable bonds is 8. The van der Waals surface area contributed by atoms with Crippen LogP contribution in [-0.4, -0.2) is 190 Å². The molecule has 9 rings (SSSR count). The van der Waals surface area contributed by atoms with Gasteiger partial charge in [0.1, 0.15) is 0 Å². The van der Waals surface area contributed by atoms with Crippen molar-refractivity contribution in [3.8, 4) is 44.5 Å². The minimum atomic E-state index is -4.55. The van der Waals surface area contributed by atoms with Gasteiger partial charge in [0, 0.05) is 163 Å². The Morgan fingerprint density at radius 2 is 0.471 bits per heavy atom. The predicted octanol–water partition coefficient (Wildman–Crippen LogP) is 6.79. The molecule has 2 aliphatic heterocycles. The van der Waals surface area contributed by atoms with Crippen LogP contribution in [0.2, 0.25) is 0 Å². The van der Waals surface area contributed by atoms with Crippen LogP contribution in [0.25, 0.3) is 90.9 Å². The van der Waals surface area contributed by atoms with Gasteiger partial charge in [-0.05, 0) is 119 Å². The molecule has 2 aliphatic rings. The third kappa shape index (κ3) is 11.6. The monoisotopic (exact) mass is 1030 g/mol. The molecule has 0 saturated heterocycles.